The van der Waals surface area contributed by atoms with Gasteiger partial charge in [-0.3, -0.25) is 0 Å². The molecule has 4 atom stereocenters. The number of anilines is 1. The summed E-state index contributed by atoms with van der Waals surface area (Å²) in [4.78, 5) is 0. The van der Waals surface area contributed by atoms with Crippen molar-refractivity contribution >= 4 is 5.69 Å². The zero-order valence-corrected chi connectivity index (χ0v) is 10.5. The van der Waals surface area contributed by atoms with E-state index in [4.69, 9.17) is 0 Å². The molecule has 0 amide bonds. The summed E-state index contributed by atoms with van der Waals surface area (Å²) in [5.74, 6) is 1.84. The fourth-order valence-electron chi connectivity index (χ4n) is 3.64. The number of allylic oxidation sites excluding steroid dienone is 1. The van der Waals surface area contributed by atoms with E-state index in [1.165, 1.54) is 24.1 Å². The Morgan fingerprint density at radius 2 is 1.82 bits per heavy atom. The second-order valence-corrected chi connectivity index (χ2v) is 6.49. The Morgan fingerprint density at radius 3 is 2.59 bits per heavy atom. The summed E-state index contributed by atoms with van der Waals surface area (Å²) in [5.41, 5.74) is 3.46. The first-order chi connectivity index (χ1) is 8.11. The van der Waals surface area contributed by atoms with Gasteiger partial charge in [-0.2, -0.15) is 0 Å². The van der Waals surface area contributed by atoms with Gasteiger partial charge in [0.25, 0.3) is 0 Å². The molecule has 0 bridgehead atoms. The van der Waals surface area contributed by atoms with Crippen LogP contribution < -0.4 is 5.32 Å². The summed E-state index contributed by atoms with van der Waals surface area (Å²) in [6.07, 6.45) is 7.65. The van der Waals surface area contributed by atoms with E-state index < -0.39 is 0 Å². The van der Waals surface area contributed by atoms with E-state index in [1.54, 1.807) is 0 Å². The van der Waals surface area contributed by atoms with Gasteiger partial charge in [-0.1, -0.05) is 36.8 Å². The Labute approximate surface area is 103 Å². The lowest BCUT2D eigenvalue weighted by Crippen LogP contribution is -2.25. The summed E-state index contributed by atoms with van der Waals surface area (Å²) < 4.78 is 0. The molecule has 1 heteroatoms. The predicted octanol–water partition coefficient (Wildman–Crippen LogP) is 3.76. The number of rotatable bonds is 2. The highest BCUT2D eigenvalue weighted by Gasteiger charge is 2.68. The minimum Gasteiger partial charge on any atom is -0.376 e. The maximum Gasteiger partial charge on any atom is 0.0592 e. The molecule has 1 aromatic rings. The standard InChI is InChI=1S/C16H19N/c1-11-3-5-12(6-4-11)17-16-8-7-15(2)9-13(15)14(16)10-16/h3-8,13-14,17H,9-10H2,1-2H3. The van der Waals surface area contributed by atoms with Gasteiger partial charge >= 0.3 is 0 Å². The third kappa shape index (κ3) is 1.31. The van der Waals surface area contributed by atoms with Crippen molar-refractivity contribution in [2.75, 3.05) is 5.32 Å². The zero-order chi connectivity index (χ0) is 11.7. The molecule has 0 aliphatic heterocycles. The highest BCUT2D eigenvalue weighted by atomic mass is 15.1. The summed E-state index contributed by atoms with van der Waals surface area (Å²) >= 11 is 0. The lowest BCUT2D eigenvalue weighted by atomic mass is 9.94. The lowest BCUT2D eigenvalue weighted by molar-refractivity contribution is 0.519. The zero-order valence-electron chi connectivity index (χ0n) is 10.5. The van der Waals surface area contributed by atoms with Gasteiger partial charge in [-0.05, 0) is 49.1 Å². The monoisotopic (exact) mass is 225 g/mol. The number of hydrogen-bond acceptors (Lipinski definition) is 1. The van der Waals surface area contributed by atoms with Crippen LogP contribution in [0.25, 0.3) is 0 Å². The molecule has 3 aliphatic rings. The molecule has 1 N–H and O–H groups in total. The molecule has 0 saturated heterocycles. The van der Waals surface area contributed by atoms with Gasteiger partial charge in [0.1, 0.15) is 0 Å². The molecule has 3 aliphatic carbocycles. The van der Waals surface area contributed by atoms with Gasteiger partial charge in [0.15, 0.2) is 0 Å². The van der Waals surface area contributed by atoms with Gasteiger partial charge in [0, 0.05) is 5.69 Å². The molecule has 4 unspecified atom stereocenters. The lowest BCUT2D eigenvalue weighted by Gasteiger charge is -2.22. The number of hydrogen-bond donors (Lipinski definition) is 1. The summed E-state index contributed by atoms with van der Waals surface area (Å²) in [7, 11) is 0. The molecule has 2 fully saturated rings. The van der Waals surface area contributed by atoms with E-state index in [9.17, 15) is 0 Å². The minimum atomic E-state index is 0.302. The molecule has 4 rings (SSSR count). The molecule has 2 saturated carbocycles. The van der Waals surface area contributed by atoms with Crippen LogP contribution in [0.2, 0.25) is 0 Å². The second kappa shape index (κ2) is 2.77. The average molecular weight is 225 g/mol. The Bertz CT molecular complexity index is 501. The first kappa shape index (κ1) is 9.76. The number of aryl methyl sites for hydroxylation is 1. The third-order valence-electron chi connectivity index (χ3n) is 5.08. The maximum atomic E-state index is 3.75. The average Bonchev–Trinajstić information content (AvgIpc) is 3.16. The molecule has 0 radical (unpaired) electrons. The van der Waals surface area contributed by atoms with Gasteiger partial charge in [-0.25, -0.2) is 0 Å². The van der Waals surface area contributed by atoms with Gasteiger partial charge < -0.3 is 5.32 Å². The molecule has 1 nitrogen and oxygen atoms in total. The van der Waals surface area contributed by atoms with E-state index in [0.717, 1.165) is 11.8 Å². The summed E-state index contributed by atoms with van der Waals surface area (Å²) in [6, 6.07) is 8.77. The van der Waals surface area contributed by atoms with E-state index in [2.05, 4.69) is 55.6 Å². The van der Waals surface area contributed by atoms with Crippen LogP contribution in [-0.2, 0) is 0 Å². The van der Waals surface area contributed by atoms with Crippen LogP contribution in [0.4, 0.5) is 5.69 Å². The molecule has 17 heavy (non-hydrogen) atoms. The van der Waals surface area contributed by atoms with Crippen LogP contribution in [0.1, 0.15) is 25.3 Å². The first-order valence-corrected chi connectivity index (χ1v) is 6.67. The van der Waals surface area contributed by atoms with Crippen LogP contribution >= 0.6 is 0 Å². The maximum absolute atomic E-state index is 3.75. The van der Waals surface area contributed by atoms with Crippen molar-refractivity contribution in [1.29, 1.82) is 0 Å². The Kier molecular flexibility index (Phi) is 1.59. The van der Waals surface area contributed by atoms with Crippen molar-refractivity contribution in [2.24, 2.45) is 17.3 Å². The van der Waals surface area contributed by atoms with Crippen molar-refractivity contribution in [3.8, 4) is 0 Å². The largest absolute Gasteiger partial charge is 0.376 e. The highest BCUT2D eigenvalue weighted by molar-refractivity contribution is 5.53. The Hall–Kier alpha value is -1.24. The fraction of sp³-hybridized carbons (Fsp3) is 0.500. The van der Waals surface area contributed by atoms with Crippen LogP contribution in [0.15, 0.2) is 36.4 Å². The van der Waals surface area contributed by atoms with Crippen molar-refractivity contribution in [3.05, 3.63) is 42.0 Å². The molecule has 88 valence electrons. The minimum absolute atomic E-state index is 0.302. The van der Waals surface area contributed by atoms with E-state index >= 15 is 0 Å². The summed E-state index contributed by atoms with van der Waals surface area (Å²) in [5, 5.41) is 3.75. The Morgan fingerprint density at radius 1 is 1.06 bits per heavy atom. The smallest absolute Gasteiger partial charge is 0.0592 e. The molecular weight excluding hydrogens is 206 g/mol. The van der Waals surface area contributed by atoms with E-state index in [0.29, 0.717) is 11.0 Å². The summed E-state index contributed by atoms with van der Waals surface area (Å²) in [6.45, 7) is 4.54. The number of fused-ring (bicyclic) bond motifs is 3. The first-order valence-electron chi connectivity index (χ1n) is 6.67. The van der Waals surface area contributed by atoms with Crippen LogP contribution in [0.3, 0.4) is 0 Å². The molecule has 1 aromatic carbocycles. The Balaban J connectivity index is 1.58. The second-order valence-electron chi connectivity index (χ2n) is 6.49. The number of nitrogens with one attached hydrogen (secondary N) is 1. The van der Waals surface area contributed by atoms with Crippen LogP contribution in [-0.4, -0.2) is 5.54 Å². The molecular formula is C16H19N. The van der Waals surface area contributed by atoms with Gasteiger partial charge in [0.05, 0.1) is 5.54 Å². The molecule has 0 spiro atoms. The van der Waals surface area contributed by atoms with Crippen molar-refractivity contribution < 1.29 is 0 Å². The van der Waals surface area contributed by atoms with Crippen LogP contribution in [0, 0.1) is 24.2 Å². The van der Waals surface area contributed by atoms with Crippen molar-refractivity contribution in [3.63, 3.8) is 0 Å². The molecule has 0 heterocycles. The SMILES string of the molecule is Cc1ccc(NC23C=CC4(C)CC4C2C3)cc1. The van der Waals surface area contributed by atoms with Gasteiger partial charge in [-0.15, -0.1) is 0 Å². The number of benzene rings is 1. The van der Waals surface area contributed by atoms with Crippen molar-refractivity contribution in [1.82, 2.24) is 0 Å². The fourth-order valence-corrected chi connectivity index (χ4v) is 3.64. The van der Waals surface area contributed by atoms with Gasteiger partial charge in [0.2, 0.25) is 0 Å². The third-order valence-corrected chi connectivity index (χ3v) is 5.08. The van der Waals surface area contributed by atoms with E-state index in [1.807, 2.05) is 0 Å². The quantitative estimate of drug-likeness (QED) is 0.756. The predicted molar refractivity (Wildman–Crippen MR) is 71.0 cm³/mol. The highest BCUT2D eigenvalue weighted by Crippen LogP contribution is 2.71. The van der Waals surface area contributed by atoms with Crippen molar-refractivity contribution in [2.45, 2.75) is 32.2 Å². The normalized spacial score (nSPS) is 44.8. The van der Waals surface area contributed by atoms with Crippen LogP contribution in [0.5, 0.6) is 0 Å². The van der Waals surface area contributed by atoms with E-state index in [-0.39, 0.29) is 0 Å². The molecule has 0 aromatic heterocycles. The topological polar surface area (TPSA) is 12.0 Å².